The number of aryl methyl sites for hydroxylation is 2. The fourth-order valence-electron chi connectivity index (χ4n) is 2.21. The molecule has 0 saturated carbocycles. The van der Waals surface area contributed by atoms with Crippen LogP contribution in [0.1, 0.15) is 23.2 Å². The molecule has 3 nitrogen and oxygen atoms in total. The van der Waals surface area contributed by atoms with E-state index in [9.17, 15) is 0 Å². The summed E-state index contributed by atoms with van der Waals surface area (Å²) in [6, 6.07) is 9.83. The third kappa shape index (κ3) is 2.31. The summed E-state index contributed by atoms with van der Waals surface area (Å²) in [5.74, 6) is 1.69. The first kappa shape index (κ1) is 11.5. The van der Waals surface area contributed by atoms with Crippen molar-refractivity contribution in [3.63, 3.8) is 0 Å². The van der Waals surface area contributed by atoms with Gasteiger partial charge in [-0.25, -0.2) is 0 Å². The predicted octanol–water partition coefficient (Wildman–Crippen LogP) is 3.50. The number of hydrogen-bond donors (Lipinski definition) is 0. The molecule has 18 heavy (non-hydrogen) atoms. The quantitative estimate of drug-likeness (QED) is 0.793. The van der Waals surface area contributed by atoms with Gasteiger partial charge in [-0.15, -0.1) is 16.7 Å². The van der Waals surface area contributed by atoms with Crippen LogP contribution in [0.3, 0.4) is 0 Å². The van der Waals surface area contributed by atoms with Crippen LogP contribution in [0.5, 0.6) is 11.6 Å². The minimum Gasteiger partial charge on any atom is -0.438 e. The van der Waals surface area contributed by atoms with Gasteiger partial charge < -0.3 is 4.74 Å². The van der Waals surface area contributed by atoms with E-state index in [2.05, 4.69) is 22.3 Å². The van der Waals surface area contributed by atoms with Gasteiger partial charge >= 0.3 is 0 Å². The zero-order valence-electron chi connectivity index (χ0n) is 9.90. The van der Waals surface area contributed by atoms with Crippen molar-refractivity contribution in [1.82, 2.24) is 10.2 Å². The van der Waals surface area contributed by atoms with E-state index in [0.717, 1.165) is 17.9 Å². The van der Waals surface area contributed by atoms with E-state index in [4.69, 9.17) is 16.3 Å². The lowest BCUT2D eigenvalue weighted by atomic mass is 10.1. The number of aromatic nitrogens is 2. The highest BCUT2D eigenvalue weighted by Crippen LogP contribution is 2.28. The second-order valence-electron chi connectivity index (χ2n) is 4.38. The van der Waals surface area contributed by atoms with Gasteiger partial charge in [0.05, 0.1) is 11.6 Å². The van der Waals surface area contributed by atoms with E-state index in [1.165, 1.54) is 24.0 Å². The van der Waals surface area contributed by atoms with Gasteiger partial charge in [-0.05, 0) is 48.6 Å². The molecule has 0 saturated heterocycles. The summed E-state index contributed by atoms with van der Waals surface area (Å²) in [4.78, 5) is 0. The van der Waals surface area contributed by atoms with E-state index in [1.54, 1.807) is 6.07 Å². The van der Waals surface area contributed by atoms with E-state index >= 15 is 0 Å². The number of nitrogens with zero attached hydrogens (tertiary/aromatic N) is 2. The van der Waals surface area contributed by atoms with Crippen molar-refractivity contribution in [2.75, 3.05) is 0 Å². The molecular formula is C14H13ClN2O. The second-order valence-corrected chi connectivity index (χ2v) is 4.65. The molecule has 0 atom stereocenters. The smallest absolute Gasteiger partial charge is 0.238 e. The topological polar surface area (TPSA) is 35.0 Å². The van der Waals surface area contributed by atoms with E-state index < -0.39 is 0 Å². The molecule has 1 heterocycles. The molecule has 0 radical (unpaired) electrons. The average Bonchev–Trinajstić information content (AvgIpc) is 2.87. The summed E-state index contributed by atoms with van der Waals surface area (Å²) in [5, 5.41) is 7.94. The van der Waals surface area contributed by atoms with Crippen molar-refractivity contribution in [2.45, 2.75) is 25.1 Å². The Bertz CT molecular complexity index is 554. The molecule has 0 spiro atoms. The molecule has 0 amide bonds. The molecule has 0 unspecified atom stereocenters. The van der Waals surface area contributed by atoms with Gasteiger partial charge in [0.2, 0.25) is 5.88 Å². The Morgan fingerprint density at radius 2 is 1.94 bits per heavy atom. The van der Waals surface area contributed by atoms with Gasteiger partial charge in [0.25, 0.3) is 0 Å². The fraction of sp³-hybridized carbons (Fsp3) is 0.286. The van der Waals surface area contributed by atoms with Gasteiger partial charge in [0.15, 0.2) is 0 Å². The van der Waals surface area contributed by atoms with E-state index in [1.807, 2.05) is 12.1 Å². The number of ether oxygens (including phenoxy) is 1. The lowest BCUT2D eigenvalue weighted by molar-refractivity contribution is 0.454. The van der Waals surface area contributed by atoms with Gasteiger partial charge in [-0.1, -0.05) is 6.07 Å². The first-order chi connectivity index (χ1) is 8.85. The van der Waals surface area contributed by atoms with E-state index in [0.29, 0.717) is 11.8 Å². The Labute approximate surface area is 111 Å². The fourth-order valence-corrected chi connectivity index (χ4v) is 2.35. The Morgan fingerprint density at radius 1 is 1.06 bits per heavy atom. The van der Waals surface area contributed by atoms with Crippen LogP contribution in [-0.4, -0.2) is 10.2 Å². The molecule has 0 aliphatic heterocycles. The average molecular weight is 261 g/mol. The lowest BCUT2D eigenvalue weighted by Crippen LogP contribution is -1.94. The summed E-state index contributed by atoms with van der Waals surface area (Å²) in [6.07, 6.45) is 3.56. The highest BCUT2D eigenvalue weighted by Gasteiger charge is 2.11. The number of halogens is 1. The van der Waals surface area contributed by atoms with E-state index in [-0.39, 0.29) is 0 Å². The summed E-state index contributed by atoms with van der Waals surface area (Å²) in [5.41, 5.74) is 3.57. The molecule has 4 heteroatoms. The number of fused-ring (bicyclic) bond motifs is 1. The monoisotopic (exact) mass is 260 g/mol. The molecule has 1 aromatic heterocycles. The van der Waals surface area contributed by atoms with Gasteiger partial charge in [-0.3, -0.25) is 0 Å². The predicted molar refractivity (Wildman–Crippen MR) is 70.1 cm³/mol. The number of rotatable bonds is 3. The molecule has 92 valence electrons. The van der Waals surface area contributed by atoms with Crippen molar-refractivity contribution in [3.05, 3.63) is 47.2 Å². The zero-order valence-corrected chi connectivity index (χ0v) is 10.7. The van der Waals surface area contributed by atoms with Crippen LogP contribution in [-0.2, 0) is 18.7 Å². The van der Waals surface area contributed by atoms with Crippen molar-refractivity contribution in [2.24, 2.45) is 0 Å². The van der Waals surface area contributed by atoms with Crippen LogP contribution in [0, 0.1) is 0 Å². The molecule has 1 aliphatic rings. The number of hydrogen-bond acceptors (Lipinski definition) is 3. The van der Waals surface area contributed by atoms with Crippen molar-refractivity contribution in [1.29, 1.82) is 0 Å². The summed E-state index contributed by atoms with van der Waals surface area (Å²) < 4.78 is 5.69. The highest BCUT2D eigenvalue weighted by molar-refractivity contribution is 6.16. The summed E-state index contributed by atoms with van der Waals surface area (Å²) >= 11 is 5.66. The molecule has 0 N–H and O–H groups in total. The van der Waals surface area contributed by atoms with Gasteiger partial charge in [-0.2, -0.15) is 5.10 Å². The standard InChI is InChI=1S/C14H13ClN2O/c15-9-12-5-7-14(17-16-12)18-13-6-4-10-2-1-3-11(10)8-13/h4-8H,1-3,9H2. The first-order valence-corrected chi connectivity index (χ1v) is 6.57. The molecule has 0 fully saturated rings. The van der Waals surface area contributed by atoms with Crippen LogP contribution < -0.4 is 4.74 Å². The van der Waals surface area contributed by atoms with Gasteiger partial charge in [0.1, 0.15) is 5.75 Å². The molecule has 0 bridgehead atoms. The minimum absolute atomic E-state index is 0.367. The maximum atomic E-state index is 5.69. The maximum absolute atomic E-state index is 5.69. The SMILES string of the molecule is ClCc1ccc(Oc2ccc3c(c2)CCC3)nn1. The van der Waals surface area contributed by atoms with Crippen LogP contribution in [0.25, 0.3) is 0 Å². The Balaban J connectivity index is 1.79. The molecular weight excluding hydrogens is 248 g/mol. The Hall–Kier alpha value is -1.61. The van der Waals surface area contributed by atoms with Crippen LogP contribution in [0.15, 0.2) is 30.3 Å². The number of alkyl halides is 1. The van der Waals surface area contributed by atoms with Crippen molar-refractivity contribution in [3.8, 4) is 11.6 Å². The summed E-state index contributed by atoms with van der Waals surface area (Å²) in [7, 11) is 0. The van der Waals surface area contributed by atoms with Gasteiger partial charge in [0, 0.05) is 6.07 Å². The molecule has 2 aromatic rings. The van der Waals surface area contributed by atoms with Crippen molar-refractivity contribution < 1.29 is 4.74 Å². The third-order valence-electron chi connectivity index (χ3n) is 3.12. The van der Waals surface area contributed by atoms with Crippen LogP contribution >= 0.6 is 11.6 Å². The van der Waals surface area contributed by atoms with Crippen LogP contribution in [0.4, 0.5) is 0 Å². The zero-order chi connectivity index (χ0) is 12.4. The second kappa shape index (κ2) is 4.94. The Morgan fingerprint density at radius 3 is 2.72 bits per heavy atom. The highest BCUT2D eigenvalue weighted by atomic mass is 35.5. The molecule has 3 rings (SSSR count). The minimum atomic E-state index is 0.367. The maximum Gasteiger partial charge on any atom is 0.238 e. The van der Waals surface area contributed by atoms with Crippen molar-refractivity contribution >= 4 is 11.6 Å². The largest absolute Gasteiger partial charge is 0.438 e. The normalized spacial score (nSPS) is 13.4. The molecule has 1 aromatic carbocycles. The first-order valence-electron chi connectivity index (χ1n) is 6.03. The molecule has 1 aliphatic carbocycles. The Kier molecular flexibility index (Phi) is 3.15. The van der Waals surface area contributed by atoms with Crippen LogP contribution in [0.2, 0.25) is 0 Å². The summed E-state index contributed by atoms with van der Waals surface area (Å²) in [6.45, 7) is 0. The number of benzene rings is 1. The third-order valence-corrected chi connectivity index (χ3v) is 3.40. The lowest BCUT2D eigenvalue weighted by Gasteiger charge is -2.06.